The molecule has 1 aliphatic heterocycles. The Bertz CT molecular complexity index is 1460. The van der Waals surface area contributed by atoms with Gasteiger partial charge in [-0.3, -0.25) is 4.79 Å². The second-order valence-electron chi connectivity index (χ2n) is 10.1. The van der Waals surface area contributed by atoms with Gasteiger partial charge in [0.1, 0.15) is 11.4 Å². The first-order valence-corrected chi connectivity index (χ1v) is 12.1. The van der Waals surface area contributed by atoms with Crippen LogP contribution < -0.4 is 10.1 Å². The summed E-state index contributed by atoms with van der Waals surface area (Å²) >= 11 is 6.04. The Morgan fingerprint density at radius 2 is 2.15 bits per heavy atom. The number of ether oxygens (including phenoxy) is 2. The number of imidazole rings is 1. The van der Waals surface area contributed by atoms with Crippen molar-refractivity contribution in [3.8, 4) is 5.75 Å². The molecule has 1 N–H and O–H groups in total. The molecule has 174 valence electrons. The lowest BCUT2D eigenvalue weighted by Crippen LogP contribution is -2.26. The summed E-state index contributed by atoms with van der Waals surface area (Å²) in [5.74, 6) is 0.300. The minimum Gasteiger partial charge on any atom is -0.489 e. The molecule has 3 aliphatic rings. The summed E-state index contributed by atoms with van der Waals surface area (Å²) < 4.78 is 15.9. The van der Waals surface area contributed by atoms with Gasteiger partial charge in [0.2, 0.25) is 0 Å². The van der Waals surface area contributed by atoms with Crippen molar-refractivity contribution in [3.63, 3.8) is 0 Å². The van der Waals surface area contributed by atoms with Crippen LogP contribution in [0.15, 0.2) is 43.1 Å². The Hall–Kier alpha value is -3.10. The molecule has 4 aromatic heterocycles. The highest BCUT2D eigenvalue weighted by atomic mass is 35.5. The van der Waals surface area contributed by atoms with Crippen molar-refractivity contribution in [2.24, 2.45) is 0 Å². The number of anilines is 1. The molecule has 3 fully saturated rings. The monoisotopic (exact) mass is 477 g/mol. The molecule has 9 heteroatoms. The maximum absolute atomic E-state index is 13.4. The Kier molecular flexibility index (Phi) is 4.15. The van der Waals surface area contributed by atoms with E-state index in [0.29, 0.717) is 34.3 Å². The number of carbonyl (C=O) groups is 1. The van der Waals surface area contributed by atoms with E-state index in [0.717, 1.165) is 43.4 Å². The zero-order valence-corrected chi connectivity index (χ0v) is 19.5. The van der Waals surface area contributed by atoms with Crippen LogP contribution in [0.1, 0.15) is 55.1 Å². The Labute approximate surface area is 200 Å². The highest BCUT2D eigenvalue weighted by Crippen LogP contribution is 2.53. The number of nitrogens with one attached hydrogen (secondary N) is 1. The number of amides is 1. The molecule has 2 saturated carbocycles. The van der Waals surface area contributed by atoms with Crippen LogP contribution in [0.3, 0.4) is 0 Å². The minimum absolute atomic E-state index is 0.0420. The van der Waals surface area contributed by atoms with E-state index >= 15 is 0 Å². The predicted molar refractivity (Wildman–Crippen MR) is 127 cm³/mol. The highest BCUT2D eigenvalue weighted by molar-refractivity contribution is 6.30. The summed E-state index contributed by atoms with van der Waals surface area (Å²) in [6.45, 7) is 2.89. The smallest absolute Gasteiger partial charge is 0.261 e. The molecular formula is C25H24ClN5O3. The molecule has 0 spiro atoms. The molecule has 1 amide bonds. The van der Waals surface area contributed by atoms with Crippen molar-refractivity contribution in [1.82, 2.24) is 18.8 Å². The highest BCUT2D eigenvalue weighted by Gasteiger charge is 2.55. The van der Waals surface area contributed by atoms with Crippen molar-refractivity contribution in [2.75, 3.05) is 11.9 Å². The summed E-state index contributed by atoms with van der Waals surface area (Å²) in [5.41, 5.74) is 3.42. The van der Waals surface area contributed by atoms with Crippen molar-refractivity contribution in [3.05, 3.63) is 59.4 Å². The first-order chi connectivity index (χ1) is 16.4. The lowest BCUT2D eigenvalue weighted by molar-refractivity contribution is -0.00627. The van der Waals surface area contributed by atoms with Gasteiger partial charge in [0.15, 0.2) is 5.65 Å². The van der Waals surface area contributed by atoms with Gasteiger partial charge in [-0.05, 0) is 45.1 Å². The van der Waals surface area contributed by atoms with E-state index in [1.54, 1.807) is 16.8 Å². The number of aromatic nitrogens is 4. The van der Waals surface area contributed by atoms with Crippen LogP contribution >= 0.6 is 11.6 Å². The molecule has 4 aromatic rings. The minimum atomic E-state index is -0.256. The van der Waals surface area contributed by atoms with Crippen LogP contribution in [-0.2, 0) is 10.2 Å². The lowest BCUT2D eigenvalue weighted by Gasteiger charge is -2.24. The van der Waals surface area contributed by atoms with E-state index in [2.05, 4.69) is 17.2 Å². The third-order valence-corrected chi connectivity index (χ3v) is 7.61. The van der Waals surface area contributed by atoms with Gasteiger partial charge in [-0.15, -0.1) is 0 Å². The van der Waals surface area contributed by atoms with Gasteiger partial charge in [-0.25, -0.2) is 9.97 Å². The first-order valence-electron chi connectivity index (χ1n) is 11.7. The van der Waals surface area contributed by atoms with Gasteiger partial charge in [0.25, 0.3) is 5.91 Å². The molecule has 5 heterocycles. The van der Waals surface area contributed by atoms with Crippen LogP contribution in [0.4, 0.5) is 5.69 Å². The van der Waals surface area contributed by atoms with Crippen molar-refractivity contribution in [2.45, 2.75) is 56.1 Å². The van der Waals surface area contributed by atoms with E-state index in [9.17, 15) is 4.79 Å². The van der Waals surface area contributed by atoms with Crippen molar-refractivity contribution < 1.29 is 14.3 Å². The topological polar surface area (TPSA) is 82.2 Å². The van der Waals surface area contributed by atoms with Crippen LogP contribution in [0.5, 0.6) is 5.75 Å². The molecular weight excluding hydrogens is 454 g/mol. The molecule has 34 heavy (non-hydrogen) atoms. The fraction of sp³-hybridized carbons (Fsp3) is 0.400. The quantitative estimate of drug-likeness (QED) is 0.453. The van der Waals surface area contributed by atoms with Gasteiger partial charge < -0.3 is 23.6 Å². The van der Waals surface area contributed by atoms with E-state index in [-0.39, 0.29) is 23.0 Å². The number of hydrogen-bond acceptors (Lipinski definition) is 5. The van der Waals surface area contributed by atoms with Crippen LogP contribution in [0.25, 0.3) is 11.3 Å². The molecule has 2 bridgehead atoms. The number of pyridine rings is 1. The molecule has 2 unspecified atom stereocenters. The van der Waals surface area contributed by atoms with E-state index in [1.165, 1.54) is 0 Å². The SMILES string of the molecule is CC12CCC(c3cn4cc(C(=O)Nc5ccn6cc(Cl)cnc56)c(OC5CC5)cc4n3)(CO1)C2. The zero-order valence-electron chi connectivity index (χ0n) is 18.8. The third-order valence-electron chi connectivity index (χ3n) is 7.41. The van der Waals surface area contributed by atoms with Crippen molar-refractivity contribution >= 4 is 34.5 Å². The summed E-state index contributed by atoms with van der Waals surface area (Å²) in [7, 11) is 0. The lowest BCUT2D eigenvalue weighted by atomic mass is 9.84. The Morgan fingerprint density at radius 1 is 1.26 bits per heavy atom. The summed E-state index contributed by atoms with van der Waals surface area (Å²) in [6.07, 6.45) is 14.3. The fourth-order valence-electron chi connectivity index (χ4n) is 5.41. The van der Waals surface area contributed by atoms with Gasteiger partial charge in [-0.2, -0.15) is 0 Å². The summed E-state index contributed by atoms with van der Waals surface area (Å²) in [4.78, 5) is 22.7. The van der Waals surface area contributed by atoms with Crippen molar-refractivity contribution in [1.29, 1.82) is 0 Å². The standard InChI is InChI=1S/C25H24ClN5O3/c1-24-5-6-25(13-24,14-33-24)20-12-31-11-17(19(8-21(31)29-20)34-16-2-3-16)23(32)28-18-4-7-30-10-15(26)9-27-22(18)30/h4,7-12,16H,2-3,5-6,13-14H2,1H3,(H,28,32). The number of rotatable bonds is 5. The molecule has 1 saturated heterocycles. The molecule has 0 radical (unpaired) electrons. The number of carbonyl (C=O) groups excluding carboxylic acids is 1. The second-order valence-corrected chi connectivity index (χ2v) is 10.6. The maximum atomic E-state index is 13.4. The number of hydrogen-bond donors (Lipinski definition) is 1. The van der Waals surface area contributed by atoms with E-state index in [1.807, 2.05) is 35.1 Å². The average molecular weight is 478 g/mol. The summed E-state index contributed by atoms with van der Waals surface area (Å²) in [5, 5.41) is 3.52. The first kappa shape index (κ1) is 20.3. The molecule has 8 nitrogen and oxygen atoms in total. The van der Waals surface area contributed by atoms with Gasteiger partial charge in [-0.1, -0.05) is 11.6 Å². The second kappa shape index (κ2) is 6.96. The van der Waals surface area contributed by atoms with E-state index in [4.69, 9.17) is 26.1 Å². The number of fused-ring (bicyclic) bond motifs is 4. The molecule has 7 rings (SSSR count). The third kappa shape index (κ3) is 3.20. The molecule has 2 aliphatic carbocycles. The zero-order chi connectivity index (χ0) is 23.1. The average Bonchev–Trinajstić information content (AvgIpc) is 3.13. The van der Waals surface area contributed by atoms with Crippen LogP contribution in [0.2, 0.25) is 5.02 Å². The number of halogens is 1. The number of nitrogens with zero attached hydrogens (tertiary/aromatic N) is 4. The normalized spacial score (nSPS) is 25.9. The Balaban J connectivity index is 1.26. The maximum Gasteiger partial charge on any atom is 0.261 e. The van der Waals surface area contributed by atoms with Crippen LogP contribution in [-0.4, -0.2) is 43.0 Å². The molecule has 2 atom stereocenters. The Morgan fingerprint density at radius 3 is 2.88 bits per heavy atom. The predicted octanol–water partition coefficient (Wildman–Crippen LogP) is 4.64. The fourth-order valence-corrected chi connectivity index (χ4v) is 5.56. The summed E-state index contributed by atoms with van der Waals surface area (Å²) in [6, 6.07) is 3.69. The van der Waals surface area contributed by atoms with Gasteiger partial charge in [0, 0.05) is 42.5 Å². The largest absolute Gasteiger partial charge is 0.489 e. The molecule has 0 aromatic carbocycles. The van der Waals surface area contributed by atoms with E-state index < -0.39 is 0 Å². The van der Waals surface area contributed by atoms with Crippen LogP contribution in [0, 0.1) is 0 Å². The van der Waals surface area contributed by atoms with Gasteiger partial charge >= 0.3 is 0 Å². The van der Waals surface area contributed by atoms with Gasteiger partial charge in [0.05, 0.1) is 40.3 Å².